The van der Waals surface area contributed by atoms with Crippen LogP contribution >= 0.6 is 0 Å². The van der Waals surface area contributed by atoms with E-state index in [2.05, 4.69) is 5.32 Å². The lowest BCUT2D eigenvalue weighted by Gasteiger charge is -2.34. The van der Waals surface area contributed by atoms with Crippen molar-refractivity contribution >= 4 is 21.6 Å². The number of sulfonamides is 1. The average Bonchev–Trinajstić information content (AvgIpc) is 2.71. The first kappa shape index (κ1) is 21.8. The molecule has 0 saturated heterocycles. The Kier molecular flexibility index (Phi) is 6.12. The Morgan fingerprint density at radius 2 is 1.93 bits per heavy atom. The first-order valence-electron chi connectivity index (χ1n) is 9.41. The highest BCUT2D eigenvalue weighted by Gasteiger charge is 2.35. The van der Waals surface area contributed by atoms with Gasteiger partial charge in [0.1, 0.15) is 17.2 Å². The van der Waals surface area contributed by atoms with Crippen LogP contribution in [0.1, 0.15) is 24.1 Å². The standard InChI is InChI=1S/C21H26N2O6S/c1-13-6-8-17-19(10-13)29-20(12-23(17)30(5,25)26)21(24)22-14(2)16-11-15(27-3)7-9-18(16)28-4/h6-11,14,20H,12H2,1-5H3,(H,22,24)/t14-,20+/m0/s1. The molecule has 9 heteroatoms. The van der Waals surface area contributed by atoms with Crippen LogP contribution in [0.5, 0.6) is 17.2 Å². The lowest BCUT2D eigenvalue weighted by molar-refractivity contribution is -0.128. The molecule has 0 spiro atoms. The molecule has 0 radical (unpaired) electrons. The van der Waals surface area contributed by atoms with Crippen molar-refractivity contribution < 1.29 is 27.4 Å². The minimum atomic E-state index is -3.58. The molecule has 0 aromatic heterocycles. The molecular formula is C21H26N2O6S. The van der Waals surface area contributed by atoms with Gasteiger partial charge in [-0.1, -0.05) is 6.07 Å². The fourth-order valence-electron chi connectivity index (χ4n) is 3.37. The number of rotatable bonds is 6. The van der Waals surface area contributed by atoms with E-state index >= 15 is 0 Å². The zero-order valence-corrected chi connectivity index (χ0v) is 18.4. The summed E-state index contributed by atoms with van der Waals surface area (Å²) in [4.78, 5) is 13.0. The number of ether oxygens (including phenoxy) is 3. The smallest absolute Gasteiger partial charge is 0.263 e. The Bertz CT molecular complexity index is 1050. The molecule has 0 fully saturated rings. The molecule has 3 rings (SSSR count). The normalized spacial score (nSPS) is 16.8. The minimum Gasteiger partial charge on any atom is -0.497 e. The molecule has 0 bridgehead atoms. The number of hydrogen-bond donors (Lipinski definition) is 1. The van der Waals surface area contributed by atoms with E-state index < -0.39 is 28.1 Å². The van der Waals surface area contributed by atoms with Crippen LogP contribution in [0.2, 0.25) is 0 Å². The van der Waals surface area contributed by atoms with Crippen molar-refractivity contribution in [2.24, 2.45) is 0 Å². The van der Waals surface area contributed by atoms with E-state index in [0.717, 1.165) is 17.4 Å². The number of carbonyl (C=O) groups is 1. The monoisotopic (exact) mass is 434 g/mol. The fraction of sp³-hybridized carbons (Fsp3) is 0.381. The molecule has 1 amide bonds. The summed E-state index contributed by atoms with van der Waals surface area (Å²) >= 11 is 0. The lowest BCUT2D eigenvalue weighted by Crippen LogP contribution is -2.50. The third-order valence-electron chi connectivity index (χ3n) is 4.94. The van der Waals surface area contributed by atoms with Crippen LogP contribution in [0.25, 0.3) is 0 Å². The van der Waals surface area contributed by atoms with Gasteiger partial charge < -0.3 is 19.5 Å². The van der Waals surface area contributed by atoms with Gasteiger partial charge in [-0.25, -0.2) is 8.42 Å². The summed E-state index contributed by atoms with van der Waals surface area (Å²) in [5.74, 6) is 1.17. The maximum absolute atomic E-state index is 13.0. The Balaban J connectivity index is 1.85. The Morgan fingerprint density at radius 1 is 1.20 bits per heavy atom. The highest BCUT2D eigenvalue weighted by molar-refractivity contribution is 7.92. The molecule has 30 heavy (non-hydrogen) atoms. The molecule has 2 aromatic carbocycles. The third kappa shape index (κ3) is 4.46. The predicted molar refractivity (Wildman–Crippen MR) is 114 cm³/mol. The SMILES string of the molecule is COc1ccc(OC)c([C@H](C)NC(=O)[C@H]2CN(S(C)(=O)=O)c3ccc(C)cc3O2)c1. The summed E-state index contributed by atoms with van der Waals surface area (Å²) in [6, 6.07) is 10.1. The molecule has 2 atom stereocenters. The summed E-state index contributed by atoms with van der Waals surface area (Å²) in [7, 11) is -0.474. The van der Waals surface area contributed by atoms with Gasteiger partial charge in [0.05, 0.1) is 38.7 Å². The van der Waals surface area contributed by atoms with Crippen molar-refractivity contribution in [3.8, 4) is 17.2 Å². The molecule has 162 valence electrons. The molecule has 0 unspecified atom stereocenters. The second-order valence-electron chi connectivity index (χ2n) is 7.21. The van der Waals surface area contributed by atoms with Gasteiger partial charge in [-0.3, -0.25) is 9.10 Å². The Morgan fingerprint density at radius 3 is 2.57 bits per heavy atom. The van der Waals surface area contributed by atoms with Gasteiger partial charge in [-0.05, 0) is 49.7 Å². The quantitative estimate of drug-likeness (QED) is 0.750. The summed E-state index contributed by atoms with van der Waals surface area (Å²) in [6.07, 6.45) is 0.119. The van der Waals surface area contributed by atoms with E-state index in [1.807, 2.05) is 13.8 Å². The van der Waals surface area contributed by atoms with Gasteiger partial charge >= 0.3 is 0 Å². The fourth-order valence-corrected chi connectivity index (χ4v) is 4.29. The zero-order chi connectivity index (χ0) is 22.1. The van der Waals surface area contributed by atoms with E-state index in [4.69, 9.17) is 14.2 Å². The van der Waals surface area contributed by atoms with Crippen LogP contribution in [0.3, 0.4) is 0 Å². The molecule has 0 saturated carbocycles. The third-order valence-corrected chi connectivity index (χ3v) is 6.09. The summed E-state index contributed by atoms with van der Waals surface area (Å²) < 4.78 is 42.3. The van der Waals surface area contributed by atoms with Crippen molar-refractivity contribution in [1.29, 1.82) is 0 Å². The number of fused-ring (bicyclic) bond motifs is 1. The van der Waals surface area contributed by atoms with Crippen molar-refractivity contribution in [2.75, 3.05) is 31.3 Å². The van der Waals surface area contributed by atoms with E-state index in [1.165, 1.54) is 4.31 Å². The van der Waals surface area contributed by atoms with E-state index in [0.29, 0.717) is 22.9 Å². The van der Waals surface area contributed by atoms with Crippen molar-refractivity contribution in [2.45, 2.75) is 26.0 Å². The first-order chi connectivity index (χ1) is 14.1. The van der Waals surface area contributed by atoms with Crippen LogP contribution in [0, 0.1) is 6.92 Å². The highest BCUT2D eigenvalue weighted by atomic mass is 32.2. The number of carbonyl (C=O) groups excluding carboxylic acids is 1. The van der Waals surface area contributed by atoms with Crippen molar-refractivity contribution in [1.82, 2.24) is 5.32 Å². The van der Waals surface area contributed by atoms with E-state index in [-0.39, 0.29) is 6.54 Å². The van der Waals surface area contributed by atoms with Gasteiger partial charge in [0.15, 0.2) is 6.10 Å². The van der Waals surface area contributed by atoms with Crippen LogP contribution in [-0.4, -0.2) is 47.4 Å². The molecule has 0 aliphatic carbocycles. The molecule has 1 N–H and O–H groups in total. The topological polar surface area (TPSA) is 94.2 Å². The van der Waals surface area contributed by atoms with Gasteiger partial charge in [0, 0.05) is 5.56 Å². The van der Waals surface area contributed by atoms with Crippen LogP contribution < -0.4 is 23.8 Å². The minimum absolute atomic E-state index is 0.108. The molecule has 1 heterocycles. The van der Waals surface area contributed by atoms with Gasteiger partial charge in [0.25, 0.3) is 5.91 Å². The van der Waals surface area contributed by atoms with Crippen LogP contribution in [-0.2, 0) is 14.8 Å². The van der Waals surface area contributed by atoms with E-state index in [9.17, 15) is 13.2 Å². The highest BCUT2D eigenvalue weighted by Crippen LogP contribution is 2.36. The Labute approximate surface area is 176 Å². The van der Waals surface area contributed by atoms with Gasteiger partial charge in [0.2, 0.25) is 10.0 Å². The maximum Gasteiger partial charge on any atom is 0.263 e. The molecule has 1 aliphatic heterocycles. The molecule has 1 aliphatic rings. The van der Waals surface area contributed by atoms with Crippen LogP contribution in [0.15, 0.2) is 36.4 Å². The molecular weight excluding hydrogens is 408 g/mol. The molecule has 2 aromatic rings. The second kappa shape index (κ2) is 8.43. The van der Waals surface area contributed by atoms with Gasteiger partial charge in [-0.2, -0.15) is 0 Å². The van der Waals surface area contributed by atoms with E-state index in [1.54, 1.807) is 50.6 Å². The second-order valence-corrected chi connectivity index (χ2v) is 9.12. The lowest BCUT2D eigenvalue weighted by atomic mass is 10.1. The number of aryl methyl sites for hydroxylation is 1. The number of benzene rings is 2. The van der Waals surface area contributed by atoms with Crippen molar-refractivity contribution in [3.05, 3.63) is 47.5 Å². The van der Waals surface area contributed by atoms with Crippen LogP contribution in [0.4, 0.5) is 5.69 Å². The Hall–Kier alpha value is -2.94. The number of nitrogens with zero attached hydrogens (tertiary/aromatic N) is 1. The largest absolute Gasteiger partial charge is 0.497 e. The zero-order valence-electron chi connectivity index (χ0n) is 17.6. The average molecular weight is 435 g/mol. The maximum atomic E-state index is 13.0. The predicted octanol–water partition coefficient (Wildman–Crippen LogP) is 2.42. The van der Waals surface area contributed by atoms with Gasteiger partial charge in [-0.15, -0.1) is 0 Å². The number of hydrogen-bond acceptors (Lipinski definition) is 6. The summed E-state index contributed by atoms with van der Waals surface area (Å²) in [5.41, 5.74) is 2.06. The number of nitrogens with one attached hydrogen (secondary N) is 1. The molecule has 8 nitrogen and oxygen atoms in total. The summed E-state index contributed by atoms with van der Waals surface area (Å²) in [6.45, 7) is 3.57. The number of methoxy groups -OCH3 is 2. The summed E-state index contributed by atoms with van der Waals surface area (Å²) in [5, 5.41) is 2.89. The number of amides is 1. The number of anilines is 1. The first-order valence-corrected chi connectivity index (χ1v) is 11.3. The van der Waals surface area contributed by atoms with Crippen molar-refractivity contribution in [3.63, 3.8) is 0 Å².